The SMILES string of the molecule is CCCCCCCCOc1cc(OCCCCCC)c(OCCCCCC)cc1C#Cc1ccc(C#Cc2ccc(-c3nnc(-c4ccc(C#Cc5cc(OCCCCCC)[n+](C#Cc6ccncc6)cc5OCCCCCC)cc4)s3)cc2)cc1. The maximum absolute atomic E-state index is 6.47. The van der Waals surface area contributed by atoms with Gasteiger partial charge in [0.05, 0.1) is 50.2 Å². The number of ether oxygens (including phenoxy) is 5. The van der Waals surface area contributed by atoms with Gasteiger partial charge in [-0.1, -0.05) is 219 Å². The molecular formula is C76H89N4O5S+. The number of rotatable bonds is 34. The molecule has 86 heavy (non-hydrogen) atoms. The van der Waals surface area contributed by atoms with Crippen molar-refractivity contribution in [2.24, 2.45) is 0 Å². The van der Waals surface area contributed by atoms with Crippen LogP contribution in [0.3, 0.4) is 0 Å². The molecule has 7 rings (SSSR count). The minimum Gasteiger partial charge on any atom is -0.492 e. The summed E-state index contributed by atoms with van der Waals surface area (Å²) in [6.45, 7) is 14.2. The van der Waals surface area contributed by atoms with Gasteiger partial charge in [-0.25, -0.2) is 0 Å². The Labute approximate surface area is 519 Å². The van der Waals surface area contributed by atoms with Crippen molar-refractivity contribution < 1.29 is 28.3 Å². The highest BCUT2D eigenvalue weighted by molar-refractivity contribution is 7.17. The number of pyridine rings is 2. The first-order chi connectivity index (χ1) is 42.5. The highest BCUT2D eigenvalue weighted by Gasteiger charge is 2.19. The fourth-order valence-electron chi connectivity index (χ4n) is 9.28. The summed E-state index contributed by atoms with van der Waals surface area (Å²) in [6, 6.07) is 37.4. The van der Waals surface area contributed by atoms with Crippen LogP contribution >= 0.6 is 11.3 Å². The Balaban J connectivity index is 1.01. The smallest absolute Gasteiger partial charge is 0.384 e. The minimum atomic E-state index is 0.589. The molecule has 0 atom stereocenters. The average molecular weight is 1170 g/mol. The van der Waals surface area contributed by atoms with Gasteiger partial charge >= 0.3 is 5.88 Å². The van der Waals surface area contributed by atoms with Crippen molar-refractivity contribution in [2.45, 2.75) is 176 Å². The monoisotopic (exact) mass is 1170 g/mol. The van der Waals surface area contributed by atoms with Crippen LogP contribution in [0.25, 0.3) is 21.1 Å². The Kier molecular flexibility index (Phi) is 29.6. The third-order valence-corrected chi connectivity index (χ3v) is 15.5. The minimum absolute atomic E-state index is 0.589. The Morgan fingerprint density at radius 2 is 0.709 bits per heavy atom. The van der Waals surface area contributed by atoms with Crippen LogP contribution in [0.5, 0.6) is 28.9 Å². The largest absolute Gasteiger partial charge is 0.492 e. The van der Waals surface area contributed by atoms with E-state index < -0.39 is 0 Å². The first kappa shape index (κ1) is 65.5. The van der Waals surface area contributed by atoms with E-state index in [1.807, 2.05) is 102 Å². The lowest BCUT2D eigenvalue weighted by atomic mass is 10.1. The predicted molar refractivity (Wildman–Crippen MR) is 352 cm³/mol. The second-order valence-electron chi connectivity index (χ2n) is 21.7. The first-order valence-electron chi connectivity index (χ1n) is 32.0. The third kappa shape index (κ3) is 23.1. The van der Waals surface area contributed by atoms with Gasteiger partial charge in [0.25, 0.3) is 0 Å². The van der Waals surface area contributed by atoms with Crippen LogP contribution in [-0.2, 0) is 0 Å². The number of unbranched alkanes of at least 4 members (excludes halogenated alkanes) is 17. The van der Waals surface area contributed by atoms with Gasteiger partial charge in [-0.15, -0.1) is 10.2 Å². The predicted octanol–water partition coefficient (Wildman–Crippen LogP) is 18.2. The lowest BCUT2D eigenvalue weighted by Crippen LogP contribution is -2.31. The van der Waals surface area contributed by atoms with Crippen LogP contribution in [0.2, 0.25) is 0 Å². The molecule has 0 spiro atoms. The molecule has 0 fully saturated rings. The standard InChI is InChI=1S/C76H89N4O5S/c1-6-11-16-21-22-27-52-81-70-59-72(83-54-24-18-13-8-3)71(82-53-23-17-12-7-2)57-68(70)44-38-62-31-28-61(29-32-62)30-33-63-34-40-66(41-35-63)75-78-79-76(86-75)67-42-36-64(37-43-67)39-45-69-58-74(85-56-26-20-15-10-5)80(51-48-65-46-49-77-50-47-65)60-73(69)84-55-25-19-14-9-4/h28-29,31-32,34-37,40-43,46-47,49-50,57-60H,6-27,52-56H2,1-5H3/q+1. The number of hydrogen-bond donors (Lipinski definition) is 0. The highest BCUT2D eigenvalue weighted by Crippen LogP contribution is 2.36. The molecular weight excluding hydrogens is 1080 g/mol. The molecule has 9 nitrogen and oxygen atoms in total. The van der Waals surface area contributed by atoms with Gasteiger partial charge in [-0.05, 0) is 92.8 Å². The zero-order valence-corrected chi connectivity index (χ0v) is 52.7. The molecule has 7 aromatic rings. The molecule has 0 bridgehead atoms. The number of nitrogens with zero attached hydrogens (tertiary/aromatic N) is 4. The summed E-state index contributed by atoms with van der Waals surface area (Å²) >= 11 is 1.55. The van der Waals surface area contributed by atoms with Crippen LogP contribution in [0.4, 0.5) is 0 Å². The van der Waals surface area contributed by atoms with Crippen molar-refractivity contribution in [3.8, 4) is 97.5 Å². The molecule has 10 heteroatoms. The summed E-state index contributed by atoms with van der Waals surface area (Å²) in [5.74, 6) is 27.1. The normalized spacial score (nSPS) is 10.6. The molecule has 3 aromatic heterocycles. The molecule has 0 aliphatic carbocycles. The van der Waals surface area contributed by atoms with E-state index >= 15 is 0 Å². The first-order valence-corrected chi connectivity index (χ1v) is 32.8. The quantitative estimate of drug-likeness (QED) is 0.0224. The van der Waals surface area contributed by atoms with E-state index in [9.17, 15) is 0 Å². The fourth-order valence-corrected chi connectivity index (χ4v) is 10.1. The molecule has 3 heterocycles. The van der Waals surface area contributed by atoms with Crippen LogP contribution in [0.1, 0.15) is 215 Å². The number of hydrogen-bond acceptors (Lipinski definition) is 9. The summed E-state index contributed by atoms with van der Waals surface area (Å²) in [5, 5.41) is 10.8. The molecule has 0 amide bonds. The summed E-state index contributed by atoms with van der Waals surface area (Å²) in [4.78, 5) is 4.14. The van der Waals surface area contributed by atoms with Crippen molar-refractivity contribution in [1.29, 1.82) is 0 Å². The van der Waals surface area contributed by atoms with Crippen LogP contribution in [0.15, 0.2) is 122 Å². The molecule has 4 aromatic carbocycles. The van der Waals surface area contributed by atoms with E-state index in [0.717, 1.165) is 154 Å². The van der Waals surface area contributed by atoms with Crippen molar-refractivity contribution >= 4 is 11.3 Å². The Morgan fingerprint density at radius 1 is 0.349 bits per heavy atom. The van der Waals surface area contributed by atoms with Crippen molar-refractivity contribution in [3.63, 3.8) is 0 Å². The Morgan fingerprint density at radius 3 is 1.19 bits per heavy atom. The Hall–Kier alpha value is -8.02. The summed E-state index contributed by atoms with van der Waals surface area (Å²) in [7, 11) is 0. The molecule has 448 valence electrons. The van der Waals surface area contributed by atoms with Gasteiger partial charge in [-0.2, -0.15) is 0 Å². The molecule has 0 aliphatic heterocycles. The summed E-state index contributed by atoms with van der Waals surface area (Å²) in [5.41, 5.74) is 7.94. The molecule has 0 saturated carbocycles. The van der Waals surface area contributed by atoms with Gasteiger partial charge < -0.3 is 23.7 Å². The van der Waals surface area contributed by atoms with E-state index in [0.29, 0.717) is 44.7 Å². The van der Waals surface area contributed by atoms with E-state index in [4.69, 9.17) is 23.7 Å². The second-order valence-corrected chi connectivity index (χ2v) is 22.7. The van der Waals surface area contributed by atoms with Gasteiger partial charge in [0.1, 0.15) is 15.8 Å². The van der Waals surface area contributed by atoms with Crippen molar-refractivity contribution in [1.82, 2.24) is 15.2 Å². The van der Waals surface area contributed by atoms with Gasteiger partial charge in [0.15, 0.2) is 11.5 Å². The van der Waals surface area contributed by atoms with Gasteiger partial charge in [-0.3, -0.25) is 4.98 Å². The van der Waals surface area contributed by atoms with Crippen molar-refractivity contribution in [2.75, 3.05) is 33.0 Å². The van der Waals surface area contributed by atoms with E-state index in [2.05, 4.69) is 109 Å². The molecule has 0 saturated heterocycles. The molecule has 0 aliphatic rings. The molecule has 0 radical (unpaired) electrons. The van der Waals surface area contributed by atoms with E-state index in [1.54, 1.807) is 23.7 Å². The molecule has 0 unspecified atom stereocenters. The second kappa shape index (κ2) is 38.8. The lowest BCUT2D eigenvalue weighted by Gasteiger charge is -2.16. The average Bonchev–Trinajstić information content (AvgIpc) is 3.09. The lowest BCUT2D eigenvalue weighted by molar-refractivity contribution is -0.592. The van der Waals surface area contributed by atoms with Crippen LogP contribution in [-0.4, -0.2) is 48.2 Å². The fraction of sp³-hybridized carbons (Fsp3) is 0.421. The summed E-state index contributed by atoms with van der Waals surface area (Å²) < 4.78 is 33.8. The third-order valence-electron chi connectivity index (χ3n) is 14.4. The van der Waals surface area contributed by atoms with Crippen LogP contribution < -0.4 is 28.3 Å². The topological polar surface area (TPSA) is 88.7 Å². The van der Waals surface area contributed by atoms with E-state index in [-0.39, 0.29) is 0 Å². The van der Waals surface area contributed by atoms with Gasteiger partial charge in [0, 0.05) is 69.4 Å². The van der Waals surface area contributed by atoms with Crippen molar-refractivity contribution in [3.05, 3.63) is 161 Å². The molecule has 0 N–H and O–H groups in total. The zero-order chi connectivity index (χ0) is 60.1. The maximum Gasteiger partial charge on any atom is 0.384 e. The van der Waals surface area contributed by atoms with E-state index in [1.165, 1.54) is 64.2 Å². The zero-order valence-electron chi connectivity index (χ0n) is 51.9. The highest BCUT2D eigenvalue weighted by atomic mass is 32.1. The van der Waals surface area contributed by atoms with Crippen LogP contribution in [0, 0.1) is 47.5 Å². The maximum atomic E-state index is 6.47. The van der Waals surface area contributed by atoms with Gasteiger partial charge in [0.2, 0.25) is 18.0 Å². The Bertz CT molecular complexity index is 3370. The number of aromatic nitrogens is 4. The number of benzene rings is 4. The summed E-state index contributed by atoms with van der Waals surface area (Å²) in [6.07, 6.45) is 30.5.